The van der Waals surface area contributed by atoms with E-state index in [0.717, 1.165) is 11.1 Å². The van der Waals surface area contributed by atoms with E-state index >= 15 is 0 Å². The Morgan fingerprint density at radius 1 is 1.03 bits per heavy atom. The molecule has 4 aromatic rings. The van der Waals surface area contributed by atoms with Crippen molar-refractivity contribution >= 4 is 26.6 Å². The summed E-state index contributed by atoms with van der Waals surface area (Å²) in [6.45, 7) is 2.20. The van der Waals surface area contributed by atoms with Gasteiger partial charge in [0.1, 0.15) is 12.3 Å². The van der Waals surface area contributed by atoms with Gasteiger partial charge >= 0.3 is 0 Å². The van der Waals surface area contributed by atoms with Gasteiger partial charge < -0.3 is 14.3 Å². The normalized spacial score (nSPS) is 11.6. The van der Waals surface area contributed by atoms with Crippen molar-refractivity contribution in [1.29, 1.82) is 0 Å². The summed E-state index contributed by atoms with van der Waals surface area (Å²) in [5.74, 6) is 0.343. The number of rotatable bonds is 7. The fourth-order valence-corrected chi connectivity index (χ4v) is 5.14. The summed E-state index contributed by atoms with van der Waals surface area (Å²) in [4.78, 5) is 12.7. The monoisotopic (exact) mass is 422 g/mol. The quantitative estimate of drug-likeness (QED) is 0.491. The van der Waals surface area contributed by atoms with Crippen LogP contribution < -0.4 is 5.32 Å². The van der Waals surface area contributed by atoms with Gasteiger partial charge in [-0.3, -0.25) is 4.79 Å². The van der Waals surface area contributed by atoms with Gasteiger partial charge in [-0.1, -0.05) is 42.5 Å². The molecule has 1 amide bonds. The van der Waals surface area contributed by atoms with Crippen molar-refractivity contribution < 1.29 is 17.6 Å². The Labute approximate surface area is 175 Å². The molecule has 0 aliphatic carbocycles. The van der Waals surface area contributed by atoms with Gasteiger partial charge in [0, 0.05) is 17.1 Å². The summed E-state index contributed by atoms with van der Waals surface area (Å²) >= 11 is 0. The average Bonchev–Trinajstić information content (AvgIpc) is 3.37. The molecule has 2 heterocycles. The molecular formula is C23H22N2O4S. The van der Waals surface area contributed by atoms with Crippen LogP contribution in [0.15, 0.2) is 82.4 Å². The minimum absolute atomic E-state index is 0.0150. The number of amides is 1. The molecule has 0 aliphatic heterocycles. The van der Waals surface area contributed by atoms with Crippen LogP contribution in [0.3, 0.4) is 0 Å². The fourth-order valence-electron chi connectivity index (χ4n) is 3.46. The second-order valence-corrected chi connectivity index (χ2v) is 9.14. The number of aromatic nitrogens is 1. The molecule has 0 spiro atoms. The maximum atomic E-state index is 13.2. The molecule has 2 aromatic heterocycles. The molecule has 0 saturated heterocycles. The third kappa shape index (κ3) is 4.16. The van der Waals surface area contributed by atoms with Gasteiger partial charge in [-0.15, -0.1) is 0 Å². The smallest absolute Gasteiger partial charge is 0.240 e. The van der Waals surface area contributed by atoms with Gasteiger partial charge in [-0.2, -0.15) is 0 Å². The van der Waals surface area contributed by atoms with Gasteiger partial charge in [0.05, 0.1) is 23.5 Å². The SMILES string of the molecule is Cc1ccccc1CS(=O)(=O)c1cn(CC(=O)NCc2ccco2)c2ccccc12. The number of carbonyl (C=O) groups is 1. The highest BCUT2D eigenvalue weighted by molar-refractivity contribution is 7.90. The van der Waals surface area contributed by atoms with Crippen LogP contribution in [0.4, 0.5) is 0 Å². The first kappa shape index (κ1) is 20.0. The predicted octanol–water partition coefficient (Wildman–Crippen LogP) is 3.83. The van der Waals surface area contributed by atoms with Gasteiger partial charge in [0.15, 0.2) is 9.84 Å². The molecule has 0 bridgehead atoms. The van der Waals surface area contributed by atoms with Crippen LogP contribution in [0, 0.1) is 6.92 Å². The van der Waals surface area contributed by atoms with E-state index in [1.165, 1.54) is 0 Å². The van der Waals surface area contributed by atoms with E-state index in [1.54, 1.807) is 41.3 Å². The fraction of sp³-hybridized carbons (Fsp3) is 0.174. The molecule has 4 rings (SSSR count). The zero-order chi connectivity index (χ0) is 21.1. The second-order valence-electron chi connectivity index (χ2n) is 7.18. The third-order valence-electron chi connectivity index (χ3n) is 5.05. The molecule has 0 radical (unpaired) electrons. The number of hydrogen-bond acceptors (Lipinski definition) is 4. The Morgan fingerprint density at radius 3 is 2.57 bits per heavy atom. The summed E-state index contributed by atoms with van der Waals surface area (Å²) < 4.78 is 33.3. The lowest BCUT2D eigenvalue weighted by molar-refractivity contribution is -0.121. The highest BCUT2D eigenvalue weighted by Gasteiger charge is 2.23. The predicted molar refractivity (Wildman–Crippen MR) is 115 cm³/mol. The second kappa shape index (κ2) is 8.20. The zero-order valence-corrected chi connectivity index (χ0v) is 17.4. The number of fused-ring (bicyclic) bond motifs is 1. The van der Waals surface area contributed by atoms with Crippen LogP contribution in [0.1, 0.15) is 16.9 Å². The number of carbonyl (C=O) groups excluding carboxylic acids is 1. The summed E-state index contributed by atoms with van der Waals surface area (Å²) in [6, 6.07) is 18.2. The molecule has 0 saturated carbocycles. The molecule has 1 N–H and O–H groups in total. The largest absolute Gasteiger partial charge is 0.467 e. The highest BCUT2D eigenvalue weighted by atomic mass is 32.2. The Bertz CT molecular complexity index is 1290. The number of benzene rings is 2. The highest BCUT2D eigenvalue weighted by Crippen LogP contribution is 2.28. The summed E-state index contributed by atoms with van der Waals surface area (Å²) in [5, 5.41) is 3.41. The molecule has 154 valence electrons. The lowest BCUT2D eigenvalue weighted by atomic mass is 10.1. The van der Waals surface area contributed by atoms with Crippen molar-refractivity contribution in [3.05, 3.63) is 90.0 Å². The standard InChI is InChI=1S/C23H22N2O4S/c1-17-7-2-3-8-18(17)16-30(27,28)22-14-25(21-11-5-4-10-20(21)22)15-23(26)24-13-19-9-6-12-29-19/h2-12,14H,13,15-16H2,1H3,(H,24,26). The molecule has 0 aliphatic rings. The third-order valence-corrected chi connectivity index (χ3v) is 6.73. The first-order valence-corrected chi connectivity index (χ1v) is 11.2. The number of aryl methyl sites for hydroxylation is 1. The molecule has 6 nitrogen and oxygen atoms in total. The van der Waals surface area contributed by atoms with Gasteiger partial charge in [-0.25, -0.2) is 8.42 Å². The Balaban J connectivity index is 1.62. The first-order valence-electron chi connectivity index (χ1n) is 9.58. The molecule has 30 heavy (non-hydrogen) atoms. The van der Waals surface area contributed by atoms with Crippen LogP contribution in [-0.4, -0.2) is 18.9 Å². The van der Waals surface area contributed by atoms with Crippen molar-refractivity contribution in [3.8, 4) is 0 Å². The zero-order valence-electron chi connectivity index (χ0n) is 16.5. The van der Waals surface area contributed by atoms with E-state index < -0.39 is 9.84 Å². The molecule has 2 aromatic carbocycles. The van der Waals surface area contributed by atoms with E-state index in [9.17, 15) is 13.2 Å². The summed E-state index contributed by atoms with van der Waals surface area (Å²) in [6.07, 6.45) is 3.11. The van der Waals surface area contributed by atoms with Crippen molar-refractivity contribution in [2.24, 2.45) is 0 Å². The van der Waals surface area contributed by atoms with E-state index in [0.29, 0.717) is 16.7 Å². The average molecular weight is 423 g/mol. The Kier molecular flexibility index (Phi) is 5.46. The molecule has 0 fully saturated rings. The number of para-hydroxylation sites is 1. The minimum Gasteiger partial charge on any atom is -0.467 e. The lowest BCUT2D eigenvalue weighted by Gasteiger charge is -2.07. The topological polar surface area (TPSA) is 81.3 Å². The van der Waals surface area contributed by atoms with E-state index in [4.69, 9.17) is 4.42 Å². The van der Waals surface area contributed by atoms with Crippen LogP contribution >= 0.6 is 0 Å². The molecular weight excluding hydrogens is 400 g/mol. The number of nitrogens with zero attached hydrogens (tertiary/aromatic N) is 1. The first-order chi connectivity index (χ1) is 14.4. The van der Waals surface area contributed by atoms with Crippen LogP contribution in [0.5, 0.6) is 0 Å². The van der Waals surface area contributed by atoms with E-state index in [-0.39, 0.29) is 29.6 Å². The summed E-state index contributed by atoms with van der Waals surface area (Å²) in [7, 11) is -3.59. The van der Waals surface area contributed by atoms with Crippen molar-refractivity contribution in [2.45, 2.75) is 30.7 Å². The summed E-state index contributed by atoms with van der Waals surface area (Å²) in [5.41, 5.74) is 2.40. The van der Waals surface area contributed by atoms with Gasteiger partial charge in [0.2, 0.25) is 5.91 Å². The lowest BCUT2D eigenvalue weighted by Crippen LogP contribution is -2.26. The van der Waals surface area contributed by atoms with Crippen molar-refractivity contribution in [2.75, 3.05) is 0 Å². The Morgan fingerprint density at radius 2 is 1.80 bits per heavy atom. The molecule has 0 unspecified atom stereocenters. The Hall–Kier alpha value is -3.32. The van der Waals surface area contributed by atoms with Crippen LogP contribution in [-0.2, 0) is 33.5 Å². The van der Waals surface area contributed by atoms with Crippen molar-refractivity contribution in [1.82, 2.24) is 9.88 Å². The van der Waals surface area contributed by atoms with Crippen LogP contribution in [0.2, 0.25) is 0 Å². The van der Waals surface area contributed by atoms with E-state index in [1.807, 2.05) is 43.3 Å². The maximum absolute atomic E-state index is 13.2. The number of hydrogen-bond donors (Lipinski definition) is 1. The van der Waals surface area contributed by atoms with Gasteiger partial charge in [-0.05, 0) is 36.2 Å². The maximum Gasteiger partial charge on any atom is 0.240 e. The minimum atomic E-state index is -3.59. The van der Waals surface area contributed by atoms with E-state index in [2.05, 4.69) is 5.32 Å². The number of nitrogens with one attached hydrogen (secondary N) is 1. The molecule has 7 heteroatoms. The van der Waals surface area contributed by atoms with Crippen LogP contribution in [0.25, 0.3) is 10.9 Å². The number of sulfone groups is 1. The number of furan rings is 1. The van der Waals surface area contributed by atoms with Gasteiger partial charge in [0.25, 0.3) is 0 Å². The van der Waals surface area contributed by atoms with Crippen molar-refractivity contribution in [3.63, 3.8) is 0 Å². The molecule has 0 atom stereocenters.